The van der Waals surface area contributed by atoms with E-state index in [1.165, 1.54) is 17.5 Å². The lowest BCUT2D eigenvalue weighted by atomic mass is 10.1. The topological polar surface area (TPSA) is 140 Å². The molecule has 1 saturated carbocycles. The third-order valence-corrected chi connectivity index (χ3v) is 6.21. The molecule has 0 aliphatic heterocycles. The van der Waals surface area contributed by atoms with Crippen LogP contribution in [0.5, 0.6) is 0 Å². The van der Waals surface area contributed by atoms with Crippen LogP contribution in [0.15, 0.2) is 55.2 Å². The Hall–Kier alpha value is -4.67. The van der Waals surface area contributed by atoms with Crippen LogP contribution in [0.4, 0.5) is 11.5 Å². The Balaban J connectivity index is 1.28. The number of rotatable bonds is 10. The van der Waals surface area contributed by atoms with Gasteiger partial charge in [0.25, 0.3) is 11.8 Å². The summed E-state index contributed by atoms with van der Waals surface area (Å²) >= 11 is 0. The monoisotopic (exact) mass is 511 g/mol. The Kier molecular flexibility index (Phi) is 7.34. The highest BCUT2D eigenvalue weighted by atomic mass is 16.2. The van der Waals surface area contributed by atoms with Crippen LogP contribution < -0.4 is 16.0 Å². The number of amides is 2. The minimum atomic E-state index is -0.424. The smallest absolute Gasteiger partial charge is 0.274 e. The summed E-state index contributed by atoms with van der Waals surface area (Å²) in [4.78, 5) is 43.3. The minimum absolute atomic E-state index is 0.120. The van der Waals surface area contributed by atoms with Gasteiger partial charge in [0.2, 0.25) is 0 Å². The normalized spacial score (nSPS) is 12.7. The predicted octanol–water partition coefficient (Wildman–Crippen LogP) is 3.02. The first-order chi connectivity index (χ1) is 18.5. The van der Waals surface area contributed by atoms with Gasteiger partial charge < -0.3 is 16.0 Å². The Labute approximate surface area is 220 Å². The first-order valence-corrected chi connectivity index (χ1v) is 12.5. The first kappa shape index (κ1) is 25.0. The quantitative estimate of drug-likeness (QED) is 0.295. The molecule has 0 saturated heterocycles. The zero-order valence-corrected chi connectivity index (χ0v) is 21.3. The fourth-order valence-corrected chi connectivity index (χ4v) is 3.95. The maximum atomic E-state index is 13.3. The van der Waals surface area contributed by atoms with Crippen molar-refractivity contribution in [2.75, 3.05) is 23.7 Å². The summed E-state index contributed by atoms with van der Waals surface area (Å²) in [7, 11) is 1.69. The van der Waals surface area contributed by atoms with E-state index in [2.05, 4.69) is 41.0 Å². The third-order valence-electron chi connectivity index (χ3n) is 6.21. The number of carbonyl (C=O) groups excluding carboxylic acids is 2. The average Bonchev–Trinajstić information content (AvgIpc) is 3.69. The van der Waals surface area contributed by atoms with E-state index in [0.717, 1.165) is 29.5 Å². The van der Waals surface area contributed by atoms with E-state index in [-0.39, 0.29) is 11.4 Å². The van der Waals surface area contributed by atoms with E-state index in [0.29, 0.717) is 29.9 Å². The van der Waals surface area contributed by atoms with E-state index in [1.807, 2.05) is 31.2 Å². The van der Waals surface area contributed by atoms with Crippen molar-refractivity contribution in [3.05, 3.63) is 77.9 Å². The largest absolute Gasteiger partial charge is 0.370 e. The number of aryl methyl sites for hydroxylation is 2. The van der Waals surface area contributed by atoms with Crippen LogP contribution in [0.25, 0.3) is 11.3 Å². The molecule has 11 heteroatoms. The van der Waals surface area contributed by atoms with Crippen molar-refractivity contribution >= 4 is 23.3 Å². The average molecular weight is 512 g/mol. The summed E-state index contributed by atoms with van der Waals surface area (Å²) < 4.78 is 1.48. The highest BCUT2D eigenvalue weighted by Crippen LogP contribution is 2.29. The molecule has 0 spiro atoms. The van der Waals surface area contributed by atoms with E-state index in [4.69, 9.17) is 0 Å². The van der Waals surface area contributed by atoms with E-state index < -0.39 is 11.8 Å². The second-order valence-corrected chi connectivity index (χ2v) is 9.34. The van der Waals surface area contributed by atoms with Crippen LogP contribution in [-0.2, 0) is 13.5 Å². The van der Waals surface area contributed by atoms with Gasteiger partial charge in [-0.2, -0.15) is 5.10 Å². The zero-order chi connectivity index (χ0) is 26.5. The molecule has 3 N–H and O–H groups in total. The molecule has 4 aromatic heterocycles. The van der Waals surface area contributed by atoms with Gasteiger partial charge in [0.1, 0.15) is 11.5 Å². The fraction of sp³-hybridized carbons (Fsp3) is 0.296. The van der Waals surface area contributed by atoms with Gasteiger partial charge in [-0.25, -0.2) is 9.97 Å². The lowest BCUT2D eigenvalue weighted by molar-refractivity contribution is 0.0949. The molecule has 1 aliphatic rings. The molecule has 1 fully saturated rings. The third kappa shape index (κ3) is 6.17. The number of hydrogen-bond acceptors (Lipinski definition) is 8. The van der Waals surface area contributed by atoms with Gasteiger partial charge in [0.15, 0.2) is 5.69 Å². The number of nitrogens with one attached hydrogen (secondary N) is 3. The second kappa shape index (κ2) is 11.2. The van der Waals surface area contributed by atoms with Crippen molar-refractivity contribution in [2.45, 2.75) is 26.2 Å². The molecule has 4 heterocycles. The summed E-state index contributed by atoms with van der Waals surface area (Å²) in [6.07, 6.45) is 11.2. The number of carbonyl (C=O) groups is 2. The lowest BCUT2D eigenvalue weighted by Gasteiger charge is -2.10. The Morgan fingerprint density at radius 1 is 1.05 bits per heavy atom. The molecule has 0 unspecified atom stereocenters. The fourth-order valence-electron chi connectivity index (χ4n) is 3.95. The number of pyridine rings is 2. The molecule has 194 valence electrons. The molecule has 5 rings (SSSR count). The molecule has 0 aromatic carbocycles. The van der Waals surface area contributed by atoms with E-state index in [1.54, 1.807) is 38.0 Å². The van der Waals surface area contributed by atoms with Gasteiger partial charge in [-0.05, 0) is 49.4 Å². The van der Waals surface area contributed by atoms with Gasteiger partial charge in [-0.15, -0.1) is 0 Å². The van der Waals surface area contributed by atoms with Crippen LogP contribution >= 0.6 is 0 Å². The molecular formula is C27H29N9O2. The minimum Gasteiger partial charge on any atom is -0.370 e. The number of aromatic nitrogens is 6. The summed E-state index contributed by atoms with van der Waals surface area (Å²) in [5.74, 6) is 0.692. The number of hydrogen-bond donors (Lipinski definition) is 3. The van der Waals surface area contributed by atoms with Gasteiger partial charge >= 0.3 is 0 Å². The molecule has 38 heavy (non-hydrogen) atoms. The standard InChI is InChI=1S/C27H29N9O2/c1-17-3-6-21(19-7-9-30-23(13-19)32-14-18-4-5-18)33-24(17)27(38)34-22-16-36(2)35-25(22)26(37)31-10-8-20-15-28-11-12-29-20/h3,6-7,9,11-13,15-16,18H,4-5,8,10,14H2,1-2H3,(H,30,32)(H,31,37)(H,34,38). The zero-order valence-electron chi connectivity index (χ0n) is 21.3. The van der Waals surface area contributed by atoms with Crippen molar-refractivity contribution in [3.8, 4) is 11.3 Å². The van der Waals surface area contributed by atoms with Crippen molar-refractivity contribution in [1.82, 2.24) is 35.0 Å². The van der Waals surface area contributed by atoms with Crippen molar-refractivity contribution < 1.29 is 9.59 Å². The molecule has 1 aliphatic carbocycles. The van der Waals surface area contributed by atoms with Gasteiger partial charge in [-0.3, -0.25) is 24.2 Å². The summed E-state index contributed by atoms with van der Waals surface area (Å²) in [5.41, 5.74) is 3.69. The first-order valence-electron chi connectivity index (χ1n) is 12.5. The number of nitrogens with zero attached hydrogens (tertiary/aromatic N) is 6. The van der Waals surface area contributed by atoms with Gasteiger partial charge in [0.05, 0.1) is 17.1 Å². The molecular weight excluding hydrogens is 482 g/mol. The molecule has 0 radical (unpaired) electrons. The Bertz CT molecular complexity index is 1450. The second-order valence-electron chi connectivity index (χ2n) is 9.34. The summed E-state index contributed by atoms with van der Waals surface area (Å²) in [6, 6.07) is 7.54. The lowest BCUT2D eigenvalue weighted by Crippen LogP contribution is -2.28. The highest BCUT2D eigenvalue weighted by molar-refractivity contribution is 6.08. The molecule has 0 bridgehead atoms. The summed E-state index contributed by atoms with van der Waals surface area (Å²) in [6.45, 7) is 3.09. The Morgan fingerprint density at radius 3 is 2.71 bits per heavy atom. The number of anilines is 2. The van der Waals surface area contributed by atoms with Gasteiger partial charge in [-0.1, -0.05) is 6.07 Å². The van der Waals surface area contributed by atoms with Crippen LogP contribution in [0.2, 0.25) is 0 Å². The van der Waals surface area contributed by atoms with E-state index in [9.17, 15) is 9.59 Å². The maximum Gasteiger partial charge on any atom is 0.274 e. The van der Waals surface area contributed by atoms with Crippen LogP contribution in [0.3, 0.4) is 0 Å². The molecule has 11 nitrogen and oxygen atoms in total. The van der Waals surface area contributed by atoms with Gasteiger partial charge in [0, 0.05) is 63.1 Å². The Morgan fingerprint density at radius 2 is 1.92 bits per heavy atom. The van der Waals surface area contributed by atoms with Crippen LogP contribution in [0.1, 0.15) is 45.1 Å². The van der Waals surface area contributed by atoms with Crippen LogP contribution in [-0.4, -0.2) is 54.6 Å². The van der Waals surface area contributed by atoms with Crippen molar-refractivity contribution in [3.63, 3.8) is 0 Å². The van der Waals surface area contributed by atoms with Crippen molar-refractivity contribution in [1.29, 1.82) is 0 Å². The SMILES string of the molecule is Cc1ccc(-c2ccnc(NCC3CC3)c2)nc1C(=O)Nc1cn(C)nc1C(=O)NCCc1cnccn1. The predicted molar refractivity (Wildman–Crippen MR) is 143 cm³/mol. The van der Waals surface area contributed by atoms with Crippen molar-refractivity contribution in [2.24, 2.45) is 13.0 Å². The molecule has 4 aromatic rings. The van der Waals surface area contributed by atoms with Crippen LogP contribution in [0, 0.1) is 12.8 Å². The maximum absolute atomic E-state index is 13.3. The van der Waals surface area contributed by atoms with E-state index >= 15 is 0 Å². The highest BCUT2D eigenvalue weighted by Gasteiger charge is 2.22. The molecule has 0 atom stereocenters. The summed E-state index contributed by atoms with van der Waals surface area (Å²) in [5, 5.41) is 13.2. The molecule has 2 amide bonds.